The van der Waals surface area contributed by atoms with Crippen LogP contribution in [0.1, 0.15) is 6.42 Å². The zero-order chi connectivity index (χ0) is 11.7. The molecule has 5 heteroatoms. The molecule has 82 valence electrons. The van der Waals surface area contributed by atoms with Crippen molar-refractivity contribution in [3.63, 3.8) is 0 Å². The molecule has 2 rings (SSSR count). The Morgan fingerprint density at radius 2 is 2.31 bits per heavy atom. The van der Waals surface area contributed by atoms with E-state index in [-0.39, 0.29) is 23.3 Å². The van der Waals surface area contributed by atoms with Crippen LogP contribution in [0.15, 0.2) is 18.2 Å². The highest BCUT2D eigenvalue weighted by atomic mass is 35.5. The number of carbonyl (C=O) groups excluding carboxylic acids is 1. The van der Waals surface area contributed by atoms with Crippen LogP contribution < -0.4 is 4.90 Å². The van der Waals surface area contributed by atoms with Gasteiger partial charge in [-0.2, -0.15) is 5.26 Å². The van der Waals surface area contributed by atoms with E-state index in [1.54, 1.807) is 0 Å². The highest BCUT2D eigenvalue weighted by molar-refractivity contribution is 6.31. The monoisotopic (exact) mass is 238 g/mol. The zero-order valence-corrected chi connectivity index (χ0v) is 9.04. The minimum atomic E-state index is -0.520. The Labute approximate surface area is 97.0 Å². The maximum atomic E-state index is 12.9. The molecule has 1 aromatic carbocycles. The summed E-state index contributed by atoms with van der Waals surface area (Å²) in [6.45, 7) is 0.345. The Bertz CT molecular complexity index is 483. The molecule has 1 heterocycles. The number of hydrogen-bond acceptors (Lipinski definition) is 2. The number of carbonyl (C=O) groups is 1. The van der Waals surface area contributed by atoms with Gasteiger partial charge in [0.25, 0.3) is 0 Å². The first-order valence-corrected chi connectivity index (χ1v) is 5.14. The van der Waals surface area contributed by atoms with Gasteiger partial charge in [0.15, 0.2) is 0 Å². The van der Waals surface area contributed by atoms with Gasteiger partial charge in [-0.05, 0) is 18.2 Å². The molecule has 3 nitrogen and oxygen atoms in total. The van der Waals surface area contributed by atoms with Crippen molar-refractivity contribution in [1.82, 2.24) is 0 Å². The highest BCUT2D eigenvalue weighted by Crippen LogP contribution is 2.28. The van der Waals surface area contributed by atoms with Crippen molar-refractivity contribution in [3.8, 4) is 6.07 Å². The van der Waals surface area contributed by atoms with Crippen LogP contribution in [-0.2, 0) is 4.79 Å². The topological polar surface area (TPSA) is 44.1 Å². The van der Waals surface area contributed by atoms with Gasteiger partial charge in [-0.3, -0.25) is 4.79 Å². The Kier molecular flexibility index (Phi) is 2.80. The number of hydrogen-bond donors (Lipinski definition) is 0. The van der Waals surface area contributed by atoms with Crippen LogP contribution in [0.3, 0.4) is 0 Å². The van der Waals surface area contributed by atoms with Gasteiger partial charge in [-0.1, -0.05) is 11.6 Å². The Hall–Kier alpha value is -1.60. The average molecular weight is 239 g/mol. The second-order valence-corrected chi connectivity index (χ2v) is 4.04. The number of benzene rings is 1. The molecule has 16 heavy (non-hydrogen) atoms. The SMILES string of the molecule is N#CC1CC(=O)N(c2ccc(F)c(Cl)c2)C1. The van der Waals surface area contributed by atoms with E-state index in [1.807, 2.05) is 0 Å². The van der Waals surface area contributed by atoms with Crippen molar-refractivity contribution >= 4 is 23.2 Å². The lowest BCUT2D eigenvalue weighted by Crippen LogP contribution is -2.24. The molecule has 0 saturated carbocycles. The van der Waals surface area contributed by atoms with Crippen molar-refractivity contribution < 1.29 is 9.18 Å². The van der Waals surface area contributed by atoms with E-state index < -0.39 is 5.82 Å². The summed E-state index contributed by atoms with van der Waals surface area (Å²) in [5.41, 5.74) is 0.536. The van der Waals surface area contributed by atoms with Crippen molar-refractivity contribution in [2.45, 2.75) is 6.42 Å². The van der Waals surface area contributed by atoms with Crippen molar-refractivity contribution in [3.05, 3.63) is 29.0 Å². The fraction of sp³-hybridized carbons (Fsp3) is 0.273. The van der Waals surface area contributed by atoms with Crippen LogP contribution in [0.25, 0.3) is 0 Å². The minimum absolute atomic E-state index is 0.0225. The average Bonchev–Trinajstić information content (AvgIpc) is 2.64. The third-order valence-electron chi connectivity index (χ3n) is 2.52. The first-order valence-electron chi connectivity index (χ1n) is 4.77. The standard InChI is InChI=1S/C11H8ClFN2O/c12-9-4-8(1-2-10(9)13)15-6-7(5-14)3-11(15)16/h1-2,4,7H,3,6H2. The molecule has 1 aromatic rings. The summed E-state index contributed by atoms with van der Waals surface area (Å²) in [6.07, 6.45) is 0.214. The van der Waals surface area contributed by atoms with Gasteiger partial charge in [0.2, 0.25) is 5.91 Å². The van der Waals surface area contributed by atoms with Gasteiger partial charge in [0.1, 0.15) is 5.82 Å². The number of amides is 1. The van der Waals surface area contributed by atoms with Gasteiger partial charge in [-0.15, -0.1) is 0 Å². The van der Waals surface area contributed by atoms with Gasteiger partial charge in [0.05, 0.1) is 17.0 Å². The predicted octanol–water partition coefficient (Wildman–Crippen LogP) is 2.36. The first kappa shape index (κ1) is 10.9. The fourth-order valence-corrected chi connectivity index (χ4v) is 1.87. The highest BCUT2D eigenvalue weighted by Gasteiger charge is 2.30. The number of halogens is 2. The summed E-state index contributed by atoms with van der Waals surface area (Å²) in [6, 6.07) is 6.15. The van der Waals surface area contributed by atoms with Crippen LogP contribution in [0, 0.1) is 23.1 Å². The van der Waals surface area contributed by atoms with Crippen LogP contribution in [0.2, 0.25) is 5.02 Å². The molecule has 1 unspecified atom stereocenters. The third-order valence-corrected chi connectivity index (χ3v) is 2.81. The molecule has 0 aromatic heterocycles. The van der Waals surface area contributed by atoms with Gasteiger partial charge >= 0.3 is 0 Å². The van der Waals surface area contributed by atoms with Crippen molar-refractivity contribution in [2.75, 3.05) is 11.4 Å². The smallest absolute Gasteiger partial charge is 0.228 e. The van der Waals surface area contributed by atoms with E-state index in [4.69, 9.17) is 16.9 Å². The number of nitriles is 1. The van der Waals surface area contributed by atoms with Crippen LogP contribution in [0.4, 0.5) is 10.1 Å². The van der Waals surface area contributed by atoms with E-state index in [2.05, 4.69) is 6.07 Å². The molecular formula is C11H8ClFN2O. The maximum Gasteiger partial charge on any atom is 0.228 e. The Morgan fingerprint density at radius 1 is 1.56 bits per heavy atom. The quantitative estimate of drug-likeness (QED) is 0.754. The lowest BCUT2D eigenvalue weighted by molar-refractivity contribution is -0.117. The first-order chi connectivity index (χ1) is 7.61. The Morgan fingerprint density at radius 3 is 2.88 bits per heavy atom. The molecule has 1 atom stereocenters. The lowest BCUT2D eigenvalue weighted by Gasteiger charge is -2.15. The van der Waals surface area contributed by atoms with Crippen LogP contribution >= 0.6 is 11.6 Å². The normalized spacial score (nSPS) is 19.9. The second kappa shape index (κ2) is 4.11. The summed E-state index contributed by atoms with van der Waals surface area (Å²) < 4.78 is 12.9. The van der Waals surface area contributed by atoms with E-state index in [9.17, 15) is 9.18 Å². The number of nitrogens with zero attached hydrogens (tertiary/aromatic N) is 2. The second-order valence-electron chi connectivity index (χ2n) is 3.63. The van der Waals surface area contributed by atoms with Crippen molar-refractivity contribution in [1.29, 1.82) is 5.26 Å². The van der Waals surface area contributed by atoms with E-state index in [0.717, 1.165) is 0 Å². The zero-order valence-electron chi connectivity index (χ0n) is 8.28. The maximum absolute atomic E-state index is 12.9. The molecule has 0 spiro atoms. The Balaban J connectivity index is 2.29. The molecule has 1 fully saturated rings. The summed E-state index contributed by atoms with van der Waals surface area (Å²) >= 11 is 5.63. The van der Waals surface area contributed by atoms with Crippen LogP contribution in [0.5, 0.6) is 0 Å². The number of rotatable bonds is 1. The lowest BCUT2D eigenvalue weighted by atomic mass is 10.1. The van der Waals surface area contributed by atoms with E-state index in [1.165, 1.54) is 23.1 Å². The molecule has 1 aliphatic heterocycles. The molecule has 0 bridgehead atoms. The molecular weight excluding hydrogens is 231 g/mol. The van der Waals surface area contributed by atoms with E-state index >= 15 is 0 Å². The molecule has 1 saturated heterocycles. The fourth-order valence-electron chi connectivity index (χ4n) is 1.70. The van der Waals surface area contributed by atoms with Crippen molar-refractivity contribution in [2.24, 2.45) is 5.92 Å². The van der Waals surface area contributed by atoms with Crippen LogP contribution in [-0.4, -0.2) is 12.5 Å². The molecule has 0 N–H and O–H groups in total. The van der Waals surface area contributed by atoms with Gasteiger partial charge < -0.3 is 4.90 Å². The largest absolute Gasteiger partial charge is 0.311 e. The molecule has 1 amide bonds. The van der Waals surface area contributed by atoms with Gasteiger partial charge in [-0.25, -0.2) is 4.39 Å². The summed E-state index contributed by atoms with van der Waals surface area (Å²) in [4.78, 5) is 13.0. The summed E-state index contributed by atoms with van der Waals surface area (Å²) in [5.74, 6) is -0.945. The summed E-state index contributed by atoms with van der Waals surface area (Å²) in [5, 5.41) is 8.71. The predicted molar refractivity (Wildman–Crippen MR) is 57.5 cm³/mol. The number of anilines is 1. The van der Waals surface area contributed by atoms with Gasteiger partial charge in [0, 0.05) is 18.7 Å². The summed E-state index contributed by atoms with van der Waals surface area (Å²) in [7, 11) is 0. The van der Waals surface area contributed by atoms with E-state index in [0.29, 0.717) is 12.2 Å². The molecule has 1 aliphatic rings. The molecule has 0 radical (unpaired) electrons. The third kappa shape index (κ3) is 1.86. The molecule has 0 aliphatic carbocycles. The minimum Gasteiger partial charge on any atom is -0.311 e.